The van der Waals surface area contributed by atoms with Crippen molar-refractivity contribution >= 4 is 54.7 Å². The Morgan fingerprint density at radius 3 is 1.97 bits per heavy atom. The van der Waals surface area contributed by atoms with Crippen LogP contribution in [0.1, 0.15) is 104 Å². The maximum atomic E-state index is 14.0. The maximum Gasteiger partial charge on any atom is 0.394 e. The smallest absolute Gasteiger partial charge is 0.394 e. The van der Waals surface area contributed by atoms with E-state index in [-0.39, 0.29) is 49.9 Å². The summed E-state index contributed by atoms with van der Waals surface area (Å²) in [6, 6.07) is 24.6. The number of fused-ring (bicyclic) bond motifs is 7. The quantitative estimate of drug-likeness (QED) is 0.0608. The third-order valence-electron chi connectivity index (χ3n) is 12.2. The van der Waals surface area contributed by atoms with Crippen LogP contribution in [0.5, 0.6) is 0 Å². The number of hydrogen-bond donors (Lipinski definition) is 1. The van der Waals surface area contributed by atoms with Crippen molar-refractivity contribution in [3.63, 3.8) is 0 Å². The number of nitrogens with zero attached hydrogens (tertiary/aromatic N) is 2. The van der Waals surface area contributed by atoms with Crippen molar-refractivity contribution in [3.8, 4) is 11.3 Å². The van der Waals surface area contributed by atoms with Crippen LogP contribution < -0.4 is 4.57 Å². The van der Waals surface area contributed by atoms with E-state index < -0.39 is 11.6 Å². The van der Waals surface area contributed by atoms with Gasteiger partial charge in [0.2, 0.25) is 0 Å². The first-order chi connectivity index (χ1) is 27.0. The summed E-state index contributed by atoms with van der Waals surface area (Å²) in [5.74, 6) is 0.839. The topological polar surface area (TPSA) is 45.6 Å². The molecular formula is C50H56F3IrN2O2-. The van der Waals surface area contributed by atoms with Gasteiger partial charge in [-0.1, -0.05) is 115 Å². The second-order valence-electron chi connectivity index (χ2n) is 16.5. The van der Waals surface area contributed by atoms with E-state index in [0.29, 0.717) is 11.5 Å². The minimum Gasteiger partial charge on any atom is -0.512 e. The van der Waals surface area contributed by atoms with Crippen LogP contribution in [0.15, 0.2) is 90.8 Å². The first-order valence-electron chi connectivity index (χ1n) is 20.3. The second-order valence-corrected chi connectivity index (χ2v) is 16.5. The molecule has 1 radical (unpaired) electrons. The Balaban J connectivity index is 0.000000344. The van der Waals surface area contributed by atoms with E-state index in [2.05, 4.69) is 68.6 Å². The van der Waals surface area contributed by atoms with E-state index in [1.807, 2.05) is 74.9 Å². The van der Waals surface area contributed by atoms with Crippen molar-refractivity contribution in [2.75, 3.05) is 0 Å². The number of aliphatic hydroxyl groups is 1. The molecule has 0 saturated carbocycles. The third-order valence-corrected chi connectivity index (χ3v) is 12.2. The zero-order valence-electron chi connectivity index (χ0n) is 35.0. The molecule has 0 fully saturated rings. The Morgan fingerprint density at radius 1 is 0.810 bits per heavy atom. The van der Waals surface area contributed by atoms with Crippen LogP contribution in [0.25, 0.3) is 60.1 Å². The molecule has 7 rings (SSSR count). The molecule has 3 aromatic heterocycles. The first kappa shape index (κ1) is 44.6. The molecule has 0 saturated heterocycles. The number of benzene rings is 4. The van der Waals surface area contributed by atoms with E-state index >= 15 is 0 Å². The summed E-state index contributed by atoms with van der Waals surface area (Å²) in [7, 11) is 4.40. The number of halogens is 3. The van der Waals surface area contributed by atoms with Crippen molar-refractivity contribution in [2.24, 2.45) is 17.3 Å². The fourth-order valence-electron chi connectivity index (χ4n) is 8.58. The maximum absolute atomic E-state index is 14.0. The van der Waals surface area contributed by atoms with Crippen molar-refractivity contribution in [3.05, 3.63) is 121 Å². The average Bonchev–Trinajstić information content (AvgIpc) is 3.69. The summed E-state index contributed by atoms with van der Waals surface area (Å²) >= 11 is 0. The number of aliphatic hydroxyl groups excluding tert-OH is 1. The number of rotatable bonds is 11. The second kappa shape index (κ2) is 17.4. The van der Waals surface area contributed by atoms with E-state index in [4.69, 9.17) is 0 Å². The molecule has 0 spiro atoms. The van der Waals surface area contributed by atoms with Gasteiger partial charge in [0.1, 0.15) is 0 Å². The fourth-order valence-corrected chi connectivity index (χ4v) is 8.58. The average molecular weight is 966 g/mol. The number of aromatic nitrogens is 2. The minimum absolute atomic E-state index is 0. The zero-order chi connectivity index (χ0) is 41.6. The number of carbonyl (C=O) groups is 1. The number of pyridine rings is 1. The number of carbonyl (C=O) groups excluding carboxylic acids is 1. The fraction of sp³-hybridized carbons (Fsp3) is 0.360. The van der Waals surface area contributed by atoms with Gasteiger partial charge in [0.15, 0.2) is 5.78 Å². The predicted octanol–water partition coefficient (Wildman–Crippen LogP) is 13.9. The summed E-state index contributed by atoms with van der Waals surface area (Å²) < 4.78 is 46.3. The van der Waals surface area contributed by atoms with Crippen LogP contribution in [0.3, 0.4) is 0 Å². The molecule has 0 unspecified atom stereocenters. The molecule has 4 aromatic carbocycles. The van der Waals surface area contributed by atoms with Crippen LogP contribution in [-0.2, 0) is 31.3 Å². The van der Waals surface area contributed by atoms with Crippen molar-refractivity contribution in [2.45, 2.75) is 99.6 Å². The van der Waals surface area contributed by atoms with Gasteiger partial charge < -0.3 is 14.1 Å². The molecule has 0 atom stereocenters. The summed E-state index contributed by atoms with van der Waals surface area (Å²) in [6.07, 6.45) is 2.45. The van der Waals surface area contributed by atoms with E-state index in [9.17, 15) is 23.1 Å². The molecule has 1 N–H and O–H groups in total. The number of para-hydroxylation sites is 1. The third kappa shape index (κ3) is 7.82. The van der Waals surface area contributed by atoms with Gasteiger partial charge in [-0.2, -0.15) is 25.7 Å². The van der Waals surface area contributed by atoms with Gasteiger partial charge in [-0.05, 0) is 61.1 Å². The zero-order valence-corrected chi connectivity index (χ0v) is 37.4. The standard InChI is InChI=1S/C37H32F3N2.C13H24O2.Ir/c1-21(2)29-19-30(22(3)24-11-7-8-12-25(24)29)34-35-27(17-18-41(34)6)26-16-15-23(20-36(4,5)37(38,39)40)32-28-13-9-10-14-31(28)42(35)33(26)32;1-5-10(6-2)12(14)9-13(15)11(7-3)8-4;/h7-19,21H,3,6,20H2,1-2,4-5H3;9-11,14H,5-8H2,1-4H3;/q-1;;/b;12-9-;. The van der Waals surface area contributed by atoms with Gasteiger partial charge in [-0.25, -0.2) is 0 Å². The molecule has 4 nitrogen and oxygen atoms in total. The molecule has 0 aliphatic rings. The molecule has 7 aromatic rings. The van der Waals surface area contributed by atoms with Gasteiger partial charge in [-0.3, -0.25) is 4.79 Å². The molecule has 0 amide bonds. The van der Waals surface area contributed by atoms with Gasteiger partial charge in [0.05, 0.1) is 39.6 Å². The van der Waals surface area contributed by atoms with Crippen LogP contribution in [0.2, 0.25) is 0 Å². The molecule has 0 aliphatic carbocycles. The van der Waals surface area contributed by atoms with Crippen molar-refractivity contribution < 1.29 is 47.7 Å². The Kier molecular flexibility index (Phi) is 13.4. The molecule has 0 bridgehead atoms. The Labute approximate surface area is 354 Å². The Bertz CT molecular complexity index is 2610. The summed E-state index contributed by atoms with van der Waals surface area (Å²) in [4.78, 5) is 11.7. The normalized spacial score (nSPS) is 12.8. The summed E-state index contributed by atoms with van der Waals surface area (Å²) in [5, 5.41) is 15.9. The molecular weight excluding hydrogens is 910 g/mol. The predicted molar refractivity (Wildman–Crippen MR) is 231 cm³/mol. The molecule has 309 valence electrons. The van der Waals surface area contributed by atoms with Crippen LogP contribution >= 0.6 is 0 Å². The Hall–Kier alpha value is -4.52. The van der Waals surface area contributed by atoms with Gasteiger partial charge >= 0.3 is 6.18 Å². The van der Waals surface area contributed by atoms with Crippen LogP contribution in [0.4, 0.5) is 13.2 Å². The van der Waals surface area contributed by atoms with Gasteiger partial charge in [-0.15, -0.1) is 23.1 Å². The van der Waals surface area contributed by atoms with Crippen molar-refractivity contribution in [1.29, 1.82) is 0 Å². The first-order valence-corrected chi connectivity index (χ1v) is 20.3. The largest absolute Gasteiger partial charge is 0.512 e. The van der Waals surface area contributed by atoms with Gasteiger partial charge in [0, 0.05) is 61.2 Å². The number of ketones is 1. The summed E-state index contributed by atoms with van der Waals surface area (Å²) in [5.41, 5.74) is 5.83. The molecule has 3 heterocycles. The number of hydrogen-bond acceptors (Lipinski definition) is 2. The van der Waals surface area contributed by atoms with E-state index in [1.165, 1.54) is 30.9 Å². The molecule has 0 aliphatic heterocycles. The van der Waals surface area contributed by atoms with E-state index in [0.717, 1.165) is 86.0 Å². The molecule has 58 heavy (non-hydrogen) atoms. The van der Waals surface area contributed by atoms with Gasteiger partial charge in [0.25, 0.3) is 0 Å². The Morgan fingerprint density at radius 2 is 1.38 bits per heavy atom. The number of allylic oxidation sites excluding steroid dienone is 2. The van der Waals surface area contributed by atoms with Crippen molar-refractivity contribution in [1.82, 2.24) is 4.40 Å². The van der Waals surface area contributed by atoms with E-state index in [1.54, 1.807) is 0 Å². The van der Waals surface area contributed by atoms with Crippen LogP contribution in [0, 0.1) is 31.2 Å². The minimum atomic E-state index is -4.32. The SMILES string of the molecule is CCC(CC)C(=O)/C=C(\O)C(CC)CC.[CH2-]c1c(-c2c3c(cc[n+]2[CH2-])c2ccc(CC(C)(C)C(F)(F)F)c4c5ccccc5n3c24)cc(C(C)C)c2ccccc12.[Ir]. The summed E-state index contributed by atoms with van der Waals surface area (Å²) in [6.45, 7) is 19.6. The monoisotopic (exact) mass is 966 g/mol. The number of alkyl halides is 3. The van der Waals surface area contributed by atoms with Crippen LogP contribution in [-0.4, -0.2) is 21.5 Å². The molecule has 8 heteroatoms.